The first-order chi connectivity index (χ1) is 16.5. The summed E-state index contributed by atoms with van der Waals surface area (Å²) in [6.07, 6.45) is 0. The number of carbonyl (C=O) groups excluding carboxylic acids is 3. The standard InChI is InChI=1S/C27H18BrFN2O3/c28-23-14-13-22-24-20(23)7-4-8-21(24)26(33)31(27(22)34)16-15-30(19-5-2-1-3-6-19)25(32)17-9-11-18(29)12-10-17/h1-14H,15-16H2. The average molecular weight is 517 g/mol. The smallest absolute Gasteiger partial charge is 0.261 e. The van der Waals surface area contributed by atoms with Crippen LogP contribution >= 0.6 is 15.9 Å². The van der Waals surface area contributed by atoms with Gasteiger partial charge >= 0.3 is 0 Å². The predicted molar refractivity (Wildman–Crippen MR) is 132 cm³/mol. The van der Waals surface area contributed by atoms with Crippen LogP contribution < -0.4 is 4.90 Å². The van der Waals surface area contributed by atoms with Crippen molar-refractivity contribution in [3.8, 4) is 0 Å². The number of imide groups is 1. The second kappa shape index (κ2) is 8.83. The zero-order valence-electron chi connectivity index (χ0n) is 17.9. The van der Waals surface area contributed by atoms with Crippen molar-refractivity contribution in [1.29, 1.82) is 0 Å². The van der Waals surface area contributed by atoms with E-state index in [1.165, 1.54) is 34.1 Å². The van der Waals surface area contributed by atoms with Gasteiger partial charge in [-0.15, -0.1) is 0 Å². The molecule has 0 aliphatic carbocycles. The van der Waals surface area contributed by atoms with Crippen LogP contribution in [0, 0.1) is 5.82 Å². The summed E-state index contributed by atoms with van der Waals surface area (Å²) in [5.74, 6) is -1.59. The molecule has 1 aliphatic heterocycles. The summed E-state index contributed by atoms with van der Waals surface area (Å²) in [7, 11) is 0. The number of hydrogen-bond donors (Lipinski definition) is 0. The van der Waals surface area contributed by atoms with Crippen molar-refractivity contribution < 1.29 is 18.8 Å². The summed E-state index contributed by atoms with van der Waals surface area (Å²) in [6.45, 7) is 0.0882. The highest BCUT2D eigenvalue weighted by molar-refractivity contribution is 9.10. The highest BCUT2D eigenvalue weighted by Gasteiger charge is 2.33. The minimum Gasteiger partial charge on any atom is -0.307 e. The van der Waals surface area contributed by atoms with Gasteiger partial charge in [0.15, 0.2) is 0 Å². The zero-order valence-corrected chi connectivity index (χ0v) is 19.5. The molecular weight excluding hydrogens is 499 g/mol. The molecule has 5 nitrogen and oxygen atoms in total. The number of carbonyl (C=O) groups is 3. The number of halogens is 2. The number of para-hydroxylation sites is 1. The molecule has 0 N–H and O–H groups in total. The minimum atomic E-state index is -0.438. The fourth-order valence-electron chi connectivity index (χ4n) is 4.22. The molecule has 0 saturated carbocycles. The first-order valence-corrected chi connectivity index (χ1v) is 11.4. The molecule has 3 amide bonds. The van der Waals surface area contributed by atoms with Crippen molar-refractivity contribution in [2.24, 2.45) is 0 Å². The fourth-order valence-corrected chi connectivity index (χ4v) is 4.68. The lowest BCUT2D eigenvalue weighted by Gasteiger charge is -2.30. The zero-order chi connectivity index (χ0) is 23.8. The molecule has 4 aromatic carbocycles. The maximum absolute atomic E-state index is 13.4. The molecule has 4 aromatic rings. The summed E-state index contributed by atoms with van der Waals surface area (Å²) in [4.78, 5) is 42.6. The summed E-state index contributed by atoms with van der Waals surface area (Å²) in [5.41, 5.74) is 1.82. The largest absolute Gasteiger partial charge is 0.307 e. The second-order valence-corrected chi connectivity index (χ2v) is 8.74. The Labute approximate surface area is 203 Å². The lowest BCUT2D eigenvalue weighted by Crippen LogP contribution is -2.46. The number of nitrogens with zero attached hydrogens (tertiary/aromatic N) is 2. The maximum Gasteiger partial charge on any atom is 0.261 e. The molecule has 0 radical (unpaired) electrons. The van der Waals surface area contributed by atoms with E-state index in [-0.39, 0.29) is 19.0 Å². The molecule has 5 rings (SSSR count). The Kier molecular flexibility index (Phi) is 5.71. The predicted octanol–water partition coefficient (Wildman–Crippen LogP) is 5.68. The maximum atomic E-state index is 13.4. The SMILES string of the molecule is O=C1c2cccc3c(Br)ccc(c23)C(=O)N1CCN(C(=O)c1ccc(F)cc1)c1ccccc1. The van der Waals surface area contributed by atoms with E-state index >= 15 is 0 Å². The Morgan fingerprint density at radius 3 is 2.21 bits per heavy atom. The number of benzene rings is 4. The van der Waals surface area contributed by atoms with Crippen LogP contribution in [0.2, 0.25) is 0 Å². The topological polar surface area (TPSA) is 57.7 Å². The van der Waals surface area contributed by atoms with Crippen molar-refractivity contribution in [1.82, 2.24) is 4.90 Å². The first-order valence-electron chi connectivity index (χ1n) is 10.7. The molecule has 0 atom stereocenters. The van der Waals surface area contributed by atoms with E-state index in [0.717, 1.165) is 9.86 Å². The van der Waals surface area contributed by atoms with Gasteiger partial charge < -0.3 is 4.90 Å². The van der Waals surface area contributed by atoms with E-state index in [1.807, 2.05) is 12.1 Å². The molecule has 34 heavy (non-hydrogen) atoms. The Morgan fingerprint density at radius 2 is 1.50 bits per heavy atom. The van der Waals surface area contributed by atoms with Crippen molar-refractivity contribution >= 4 is 50.1 Å². The highest BCUT2D eigenvalue weighted by atomic mass is 79.9. The Bertz CT molecular complexity index is 1420. The lowest BCUT2D eigenvalue weighted by atomic mass is 9.94. The van der Waals surface area contributed by atoms with Crippen LogP contribution in [0.4, 0.5) is 10.1 Å². The molecule has 0 fully saturated rings. The van der Waals surface area contributed by atoms with Gasteiger partial charge in [-0.25, -0.2) is 4.39 Å². The molecule has 0 bridgehead atoms. The van der Waals surface area contributed by atoms with Gasteiger partial charge in [-0.05, 0) is 60.0 Å². The van der Waals surface area contributed by atoms with Crippen molar-refractivity contribution in [2.75, 3.05) is 18.0 Å². The summed E-state index contributed by atoms with van der Waals surface area (Å²) in [5, 5.41) is 1.43. The Balaban J connectivity index is 1.47. The fraction of sp³-hybridized carbons (Fsp3) is 0.0741. The molecule has 0 aromatic heterocycles. The van der Waals surface area contributed by atoms with E-state index in [0.29, 0.717) is 27.8 Å². The monoisotopic (exact) mass is 516 g/mol. The van der Waals surface area contributed by atoms with Crippen LogP contribution in [0.5, 0.6) is 0 Å². The summed E-state index contributed by atoms with van der Waals surface area (Å²) < 4.78 is 14.2. The third kappa shape index (κ3) is 3.78. The van der Waals surface area contributed by atoms with Gasteiger partial charge in [0.25, 0.3) is 17.7 Å². The number of hydrogen-bond acceptors (Lipinski definition) is 3. The van der Waals surface area contributed by atoms with Gasteiger partial charge in [-0.2, -0.15) is 0 Å². The molecule has 0 unspecified atom stereocenters. The van der Waals surface area contributed by atoms with Gasteiger partial charge in [0, 0.05) is 45.3 Å². The highest BCUT2D eigenvalue weighted by Crippen LogP contribution is 2.34. The quantitative estimate of drug-likeness (QED) is 0.320. The van der Waals surface area contributed by atoms with Crippen LogP contribution in [0.15, 0.2) is 89.4 Å². The van der Waals surface area contributed by atoms with E-state index < -0.39 is 17.6 Å². The molecule has 1 aliphatic rings. The van der Waals surface area contributed by atoms with E-state index in [1.54, 1.807) is 48.5 Å². The second-order valence-electron chi connectivity index (χ2n) is 7.88. The number of rotatable bonds is 5. The van der Waals surface area contributed by atoms with Gasteiger partial charge in [-0.1, -0.05) is 46.3 Å². The summed E-state index contributed by atoms with van der Waals surface area (Å²) >= 11 is 3.49. The van der Waals surface area contributed by atoms with E-state index in [4.69, 9.17) is 0 Å². The third-order valence-corrected chi connectivity index (χ3v) is 6.58. The summed E-state index contributed by atoms with van der Waals surface area (Å²) in [6, 6.07) is 23.1. The van der Waals surface area contributed by atoms with Crippen molar-refractivity contribution in [3.63, 3.8) is 0 Å². The van der Waals surface area contributed by atoms with Crippen LogP contribution in [0.1, 0.15) is 31.1 Å². The molecule has 0 saturated heterocycles. The van der Waals surface area contributed by atoms with Gasteiger partial charge in [0.05, 0.1) is 0 Å². The Morgan fingerprint density at radius 1 is 0.824 bits per heavy atom. The normalized spacial score (nSPS) is 12.8. The molecule has 1 heterocycles. The number of amides is 3. The van der Waals surface area contributed by atoms with Crippen LogP contribution in [0.3, 0.4) is 0 Å². The van der Waals surface area contributed by atoms with Gasteiger partial charge in [0.2, 0.25) is 0 Å². The van der Waals surface area contributed by atoms with Crippen LogP contribution in [-0.2, 0) is 0 Å². The molecule has 168 valence electrons. The van der Waals surface area contributed by atoms with Gasteiger partial charge in [0.1, 0.15) is 5.82 Å². The van der Waals surface area contributed by atoms with E-state index in [2.05, 4.69) is 15.9 Å². The number of anilines is 1. The minimum absolute atomic E-state index is 0.00534. The lowest BCUT2D eigenvalue weighted by molar-refractivity contribution is 0.0611. The van der Waals surface area contributed by atoms with Crippen LogP contribution in [-0.4, -0.2) is 35.7 Å². The molecular formula is C27H18BrFN2O3. The third-order valence-electron chi connectivity index (χ3n) is 5.89. The molecule has 7 heteroatoms. The first kappa shape index (κ1) is 22.0. The van der Waals surface area contributed by atoms with Crippen LogP contribution in [0.25, 0.3) is 10.8 Å². The van der Waals surface area contributed by atoms with Crippen molar-refractivity contribution in [3.05, 3.63) is 112 Å². The molecule has 0 spiro atoms. The Hall–Kier alpha value is -3.84. The average Bonchev–Trinajstić information content (AvgIpc) is 2.86. The van der Waals surface area contributed by atoms with Gasteiger partial charge in [-0.3, -0.25) is 19.3 Å². The van der Waals surface area contributed by atoms with E-state index in [9.17, 15) is 18.8 Å². The van der Waals surface area contributed by atoms with Crippen molar-refractivity contribution in [2.45, 2.75) is 0 Å².